The second-order valence-corrected chi connectivity index (χ2v) is 7.43. The Morgan fingerprint density at radius 1 is 1.36 bits per heavy atom. The predicted octanol–water partition coefficient (Wildman–Crippen LogP) is 4.55. The van der Waals surface area contributed by atoms with Gasteiger partial charge in [-0.15, -0.1) is 11.8 Å². The molecule has 1 N–H and O–H groups in total. The topological polar surface area (TPSA) is 59.3 Å². The molecule has 1 aliphatic heterocycles. The van der Waals surface area contributed by atoms with E-state index in [1.54, 1.807) is 11.5 Å². The Labute approximate surface area is 158 Å². The maximum absolute atomic E-state index is 12.5. The molecule has 0 radical (unpaired) electrons. The number of thiol groups is 1. The number of hydrogen-bond donors (Lipinski definition) is 2. The Bertz CT molecular complexity index is 722. The Balaban J connectivity index is 2.34. The lowest BCUT2D eigenvalue weighted by Gasteiger charge is -2.14. The number of allylic oxidation sites excluding steroid dienone is 2. The van der Waals surface area contributed by atoms with E-state index < -0.39 is 12.0 Å². The summed E-state index contributed by atoms with van der Waals surface area (Å²) in [6.07, 6.45) is 12.3. The highest BCUT2D eigenvalue weighted by Crippen LogP contribution is 2.36. The molecule has 4 nitrogen and oxygen atoms in total. The summed E-state index contributed by atoms with van der Waals surface area (Å²) in [5, 5.41) is 11.8. The summed E-state index contributed by atoms with van der Waals surface area (Å²) in [6, 6.07) is 0.841. The quantitative estimate of drug-likeness (QED) is 0.375. The average Bonchev–Trinajstić information content (AvgIpc) is 3.03. The zero-order chi connectivity index (χ0) is 18.2. The lowest BCUT2D eigenvalue weighted by molar-refractivity contribution is -0.140. The summed E-state index contributed by atoms with van der Waals surface area (Å²) in [5.74, 6) is -0.556. The Morgan fingerprint density at radius 2 is 2.12 bits per heavy atom. The SMILES string of the molecule is CCCCCCCc1cc(=O)n2c(c1/C=C/C=C\S)SCC2C(=O)O. The van der Waals surface area contributed by atoms with Crippen molar-refractivity contribution < 1.29 is 9.90 Å². The van der Waals surface area contributed by atoms with Gasteiger partial charge in [0.1, 0.15) is 6.04 Å². The fourth-order valence-corrected chi connectivity index (χ4v) is 4.44. The minimum atomic E-state index is -0.953. The van der Waals surface area contributed by atoms with Crippen LogP contribution >= 0.6 is 24.4 Å². The minimum absolute atomic E-state index is 0.210. The maximum atomic E-state index is 12.5. The molecule has 6 heteroatoms. The van der Waals surface area contributed by atoms with Crippen molar-refractivity contribution in [1.29, 1.82) is 0 Å². The van der Waals surface area contributed by atoms with Gasteiger partial charge in [-0.1, -0.05) is 50.8 Å². The number of carboxylic acid groups (broad SMARTS) is 1. The maximum Gasteiger partial charge on any atom is 0.327 e. The molecule has 0 saturated heterocycles. The van der Waals surface area contributed by atoms with Crippen LogP contribution in [0.15, 0.2) is 33.4 Å². The van der Waals surface area contributed by atoms with E-state index in [2.05, 4.69) is 19.6 Å². The molecule has 0 aromatic carbocycles. The fourth-order valence-electron chi connectivity index (χ4n) is 3.03. The number of hydrogen-bond acceptors (Lipinski definition) is 4. The van der Waals surface area contributed by atoms with Gasteiger partial charge in [0.2, 0.25) is 0 Å². The fraction of sp³-hybridized carbons (Fsp3) is 0.474. The first-order valence-electron chi connectivity index (χ1n) is 8.71. The van der Waals surface area contributed by atoms with Crippen LogP contribution in [0.2, 0.25) is 0 Å². The molecule has 0 amide bonds. The minimum Gasteiger partial charge on any atom is -0.480 e. The van der Waals surface area contributed by atoms with E-state index in [1.807, 2.05) is 18.2 Å². The van der Waals surface area contributed by atoms with Crippen LogP contribution < -0.4 is 5.56 Å². The Kier molecular flexibility index (Phi) is 7.90. The number of rotatable bonds is 9. The van der Waals surface area contributed by atoms with Gasteiger partial charge in [-0.2, -0.15) is 12.6 Å². The van der Waals surface area contributed by atoms with Crippen molar-refractivity contribution in [2.45, 2.75) is 56.5 Å². The molecule has 2 rings (SSSR count). The van der Waals surface area contributed by atoms with Gasteiger partial charge in [0.15, 0.2) is 0 Å². The third-order valence-corrected chi connectivity index (χ3v) is 5.66. The molecule has 1 aromatic rings. The second kappa shape index (κ2) is 9.92. The standard InChI is InChI=1S/C19H25NO3S2/c1-2-3-4-5-6-9-14-12-17(21)20-16(19(22)23)13-25-18(20)15(14)10-7-8-11-24/h7-8,10-12,16,24H,2-6,9,13H2,1H3,(H,22,23)/b10-7+,11-8-. The van der Waals surface area contributed by atoms with Crippen LogP contribution in [0, 0.1) is 0 Å². The highest BCUT2D eigenvalue weighted by molar-refractivity contribution is 7.99. The number of aryl methyl sites for hydroxylation is 1. The first-order chi connectivity index (χ1) is 12.1. The number of carboxylic acids is 1. The van der Waals surface area contributed by atoms with E-state index in [-0.39, 0.29) is 5.56 Å². The summed E-state index contributed by atoms with van der Waals surface area (Å²) in [5.41, 5.74) is 1.77. The van der Waals surface area contributed by atoms with E-state index in [4.69, 9.17) is 0 Å². The van der Waals surface area contributed by atoms with E-state index in [0.717, 1.165) is 35.4 Å². The summed E-state index contributed by atoms with van der Waals surface area (Å²) in [7, 11) is 0. The van der Waals surface area contributed by atoms with E-state index >= 15 is 0 Å². The molecular weight excluding hydrogens is 354 g/mol. The molecule has 0 aliphatic carbocycles. The normalized spacial score (nSPS) is 16.8. The van der Waals surface area contributed by atoms with Crippen LogP contribution in [0.3, 0.4) is 0 Å². The van der Waals surface area contributed by atoms with E-state index in [9.17, 15) is 14.7 Å². The first kappa shape index (κ1) is 19.9. The van der Waals surface area contributed by atoms with Gasteiger partial charge in [0.25, 0.3) is 5.56 Å². The summed E-state index contributed by atoms with van der Waals surface area (Å²) < 4.78 is 1.43. The van der Waals surface area contributed by atoms with Crippen LogP contribution in [-0.2, 0) is 11.2 Å². The van der Waals surface area contributed by atoms with Crippen molar-refractivity contribution >= 4 is 36.4 Å². The molecule has 1 aliphatic rings. The van der Waals surface area contributed by atoms with Crippen LogP contribution in [0.25, 0.3) is 6.08 Å². The van der Waals surface area contributed by atoms with Gasteiger partial charge in [-0.3, -0.25) is 9.36 Å². The Morgan fingerprint density at radius 3 is 2.80 bits per heavy atom. The molecule has 1 aromatic heterocycles. The molecule has 1 unspecified atom stereocenters. The highest BCUT2D eigenvalue weighted by Gasteiger charge is 2.31. The number of aromatic nitrogens is 1. The third kappa shape index (κ3) is 5.05. The zero-order valence-electron chi connectivity index (χ0n) is 14.5. The van der Waals surface area contributed by atoms with Crippen molar-refractivity contribution in [2.24, 2.45) is 0 Å². The molecule has 2 heterocycles. The number of carbonyl (C=O) groups is 1. The largest absolute Gasteiger partial charge is 0.480 e. The molecular formula is C19H25NO3S2. The van der Waals surface area contributed by atoms with Crippen LogP contribution in [-0.4, -0.2) is 21.4 Å². The number of fused-ring (bicyclic) bond motifs is 1. The number of nitrogens with zero attached hydrogens (tertiary/aromatic N) is 1. The first-order valence-corrected chi connectivity index (χ1v) is 10.2. The molecule has 0 spiro atoms. The number of aliphatic carboxylic acids is 1. The smallest absolute Gasteiger partial charge is 0.327 e. The lowest BCUT2D eigenvalue weighted by Crippen LogP contribution is -2.29. The highest BCUT2D eigenvalue weighted by atomic mass is 32.2. The van der Waals surface area contributed by atoms with E-state index in [0.29, 0.717) is 5.75 Å². The van der Waals surface area contributed by atoms with Crippen molar-refractivity contribution in [1.82, 2.24) is 4.57 Å². The van der Waals surface area contributed by atoms with Crippen molar-refractivity contribution in [3.8, 4) is 0 Å². The van der Waals surface area contributed by atoms with E-state index in [1.165, 1.54) is 35.6 Å². The molecule has 1 atom stereocenters. The molecule has 25 heavy (non-hydrogen) atoms. The Hall–Kier alpha value is -1.40. The average molecular weight is 380 g/mol. The monoisotopic (exact) mass is 379 g/mol. The van der Waals surface area contributed by atoms with Gasteiger partial charge in [0, 0.05) is 17.4 Å². The molecule has 0 fully saturated rings. The van der Waals surface area contributed by atoms with Gasteiger partial charge in [-0.25, -0.2) is 4.79 Å². The number of pyridine rings is 1. The second-order valence-electron chi connectivity index (χ2n) is 6.13. The van der Waals surface area contributed by atoms with Crippen LogP contribution in [0.5, 0.6) is 0 Å². The van der Waals surface area contributed by atoms with Crippen molar-refractivity contribution in [2.75, 3.05) is 5.75 Å². The van der Waals surface area contributed by atoms with Crippen molar-refractivity contribution in [3.05, 3.63) is 45.1 Å². The zero-order valence-corrected chi connectivity index (χ0v) is 16.2. The summed E-state index contributed by atoms with van der Waals surface area (Å²) in [4.78, 5) is 23.9. The van der Waals surface area contributed by atoms with Gasteiger partial charge >= 0.3 is 5.97 Å². The van der Waals surface area contributed by atoms with Gasteiger partial charge in [-0.05, 0) is 23.8 Å². The van der Waals surface area contributed by atoms with Gasteiger partial charge in [0.05, 0.1) is 5.03 Å². The van der Waals surface area contributed by atoms with Crippen molar-refractivity contribution in [3.63, 3.8) is 0 Å². The third-order valence-electron chi connectivity index (χ3n) is 4.31. The predicted molar refractivity (Wildman–Crippen MR) is 108 cm³/mol. The molecule has 136 valence electrons. The summed E-state index contributed by atoms with van der Waals surface area (Å²) >= 11 is 5.50. The van der Waals surface area contributed by atoms with Gasteiger partial charge < -0.3 is 5.11 Å². The summed E-state index contributed by atoms with van der Waals surface area (Å²) in [6.45, 7) is 2.19. The molecule has 0 saturated carbocycles. The van der Waals surface area contributed by atoms with Crippen LogP contribution in [0.1, 0.15) is 56.2 Å². The van der Waals surface area contributed by atoms with Crippen LogP contribution in [0.4, 0.5) is 0 Å². The molecule has 0 bridgehead atoms. The number of unbranched alkanes of at least 4 members (excludes halogenated alkanes) is 4. The lowest BCUT2D eigenvalue weighted by atomic mass is 10.0. The number of thioether (sulfide) groups is 1.